The van der Waals surface area contributed by atoms with Gasteiger partial charge in [-0.25, -0.2) is 0 Å². The van der Waals surface area contributed by atoms with Crippen LogP contribution in [-0.4, -0.2) is 11.0 Å². The Morgan fingerprint density at radius 2 is 2.30 bits per heavy atom. The minimum absolute atomic E-state index is 0.330. The van der Waals surface area contributed by atoms with Gasteiger partial charge in [-0.3, -0.25) is 0 Å². The van der Waals surface area contributed by atoms with E-state index >= 15 is 0 Å². The van der Waals surface area contributed by atoms with Gasteiger partial charge in [-0.15, -0.1) is 0 Å². The first-order chi connectivity index (χ1) is 4.66. The van der Waals surface area contributed by atoms with Crippen LogP contribution in [-0.2, 0) is 0 Å². The van der Waals surface area contributed by atoms with Crippen molar-refractivity contribution in [1.29, 1.82) is 0 Å². The monoisotopic (exact) mass is 142 g/mol. The number of nitrogens with zero attached hydrogens (tertiary/aromatic N) is 1. The van der Waals surface area contributed by atoms with E-state index in [0.717, 1.165) is 6.42 Å². The van der Waals surface area contributed by atoms with Crippen LogP contribution in [0, 0.1) is 5.41 Å². The third-order valence-electron chi connectivity index (χ3n) is 2.30. The number of amidine groups is 1. The molecule has 0 bridgehead atoms. The second-order valence-electron chi connectivity index (χ2n) is 3.43. The average Bonchev–Trinajstić information content (AvgIpc) is 1.84. The Morgan fingerprint density at radius 1 is 1.70 bits per heavy atom. The van der Waals surface area contributed by atoms with E-state index in [1.165, 1.54) is 19.3 Å². The summed E-state index contributed by atoms with van der Waals surface area (Å²) in [7, 11) is 0. The van der Waals surface area contributed by atoms with Crippen molar-refractivity contribution in [3.63, 3.8) is 0 Å². The summed E-state index contributed by atoms with van der Waals surface area (Å²) in [6.07, 6.45) is 4.45. The van der Waals surface area contributed by atoms with Crippen LogP contribution in [0.4, 0.5) is 0 Å². The molecule has 3 N–H and O–H groups in total. The number of oxime groups is 1. The zero-order valence-corrected chi connectivity index (χ0v) is 6.30. The highest BCUT2D eigenvalue weighted by molar-refractivity contribution is 5.80. The van der Waals surface area contributed by atoms with Gasteiger partial charge in [0.2, 0.25) is 0 Å². The van der Waals surface area contributed by atoms with Crippen LogP contribution in [0.25, 0.3) is 0 Å². The van der Waals surface area contributed by atoms with Crippen LogP contribution in [0.3, 0.4) is 0 Å². The molecule has 0 aromatic rings. The van der Waals surface area contributed by atoms with Crippen LogP contribution in [0.2, 0.25) is 0 Å². The van der Waals surface area contributed by atoms with Gasteiger partial charge >= 0.3 is 0 Å². The topological polar surface area (TPSA) is 58.6 Å². The summed E-state index contributed by atoms with van der Waals surface area (Å²) in [6.45, 7) is 2.18. The van der Waals surface area contributed by atoms with Crippen LogP contribution >= 0.6 is 0 Å². The molecule has 58 valence electrons. The maximum atomic E-state index is 8.28. The van der Waals surface area contributed by atoms with Gasteiger partial charge in [0, 0.05) is 6.42 Å². The average molecular weight is 142 g/mol. The molecule has 0 radical (unpaired) electrons. The molecule has 0 aromatic carbocycles. The largest absolute Gasteiger partial charge is 0.409 e. The molecule has 1 fully saturated rings. The number of hydrogen-bond donors (Lipinski definition) is 2. The summed E-state index contributed by atoms with van der Waals surface area (Å²) >= 11 is 0. The van der Waals surface area contributed by atoms with Crippen molar-refractivity contribution < 1.29 is 5.21 Å². The minimum atomic E-state index is 0.330. The van der Waals surface area contributed by atoms with Crippen LogP contribution in [0.1, 0.15) is 32.6 Å². The minimum Gasteiger partial charge on any atom is -0.409 e. The van der Waals surface area contributed by atoms with Crippen LogP contribution in [0.15, 0.2) is 5.16 Å². The second kappa shape index (κ2) is 2.48. The summed E-state index contributed by atoms with van der Waals surface area (Å²) < 4.78 is 0. The molecule has 3 heteroatoms. The van der Waals surface area contributed by atoms with Crippen molar-refractivity contribution in [2.75, 3.05) is 0 Å². The van der Waals surface area contributed by atoms with Crippen molar-refractivity contribution in [1.82, 2.24) is 0 Å². The van der Waals surface area contributed by atoms with E-state index in [2.05, 4.69) is 12.1 Å². The molecule has 0 saturated heterocycles. The van der Waals surface area contributed by atoms with Gasteiger partial charge < -0.3 is 10.9 Å². The van der Waals surface area contributed by atoms with E-state index in [0.29, 0.717) is 11.3 Å². The van der Waals surface area contributed by atoms with E-state index in [1.54, 1.807) is 0 Å². The first-order valence-electron chi connectivity index (χ1n) is 3.63. The van der Waals surface area contributed by atoms with E-state index < -0.39 is 0 Å². The Kier molecular flexibility index (Phi) is 1.83. The fourth-order valence-corrected chi connectivity index (χ4v) is 1.43. The predicted molar refractivity (Wildman–Crippen MR) is 40.0 cm³/mol. The molecule has 3 nitrogen and oxygen atoms in total. The molecule has 1 rings (SSSR count). The fraction of sp³-hybridized carbons (Fsp3) is 0.857. The SMILES string of the molecule is CC1(C/C(N)=N/O)CCC1. The van der Waals surface area contributed by atoms with E-state index in [9.17, 15) is 0 Å². The molecule has 0 aliphatic heterocycles. The van der Waals surface area contributed by atoms with Gasteiger partial charge in [0.15, 0.2) is 0 Å². The first-order valence-corrected chi connectivity index (χ1v) is 3.63. The Morgan fingerprint density at radius 3 is 2.60 bits per heavy atom. The molecule has 0 aromatic heterocycles. The highest BCUT2D eigenvalue weighted by Crippen LogP contribution is 2.42. The molecule has 1 aliphatic rings. The Hall–Kier alpha value is -0.730. The molecular formula is C7H14N2O. The van der Waals surface area contributed by atoms with Crippen molar-refractivity contribution in [2.24, 2.45) is 16.3 Å². The quantitative estimate of drug-likeness (QED) is 0.264. The van der Waals surface area contributed by atoms with Crippen molar-refractivity contribution in [2.45, 2.75) is 32.6 Å². The molecule has 0 atom stereocenters. The lowest BCUT2D eigenvalue weighted by Crippen LogP contribution is -2.31. The van der Waals surface area contributed by atoms with Gasteiger partial charge in [-0.1, -0.05) is 18.5 Å². The van der Waals surface area contributed by atoms with Crippen molar-refractivity contribution in [3.05, 3.63) is 0 Å². The van der Waals surface area contributed by atoms with Gasteiger partial charge in [-0.05, 0) is 18.3 Å². The van der Waals surface area contributed by atoms with Gasteiger partial charge in [0.1, 0.15) is 5.84 Å². The maximum Gasteiger partial charge on any atom is 0.139 e. The summed E-state index contributed by atoms with van der Waals surface area (Å²) in [6, 6.07) is 0. The summed E-state index contributed by atoms with van der Waals surface area (Å²) in [5, 5.41) is 11.2. The molecule has 1 aliphatic carbocycles. The second-order valence-corrected chi connectivity index (χ2v) is 3.43. The fourth-order valence-electron chi connectivity index (χ4n) is 1.43. The first kappa shape index (κ1) is 7.38. The third-order valence-corrected chi connectivity index (χ3v) is 2.30. The summed E-state index contributed by atoms with van der Waals surface area (Å²) in [4.78, 5) is 0. The zero-order chi connectivity index (χ0) is 7.61. The van der Waals surface area contributed by atoms with Crippen LogP contribution in [0.5, 0.6) is 0 Å². The van der Waals surface area contributed by atoms with E-state index in [1.807, 2.05) is 0 Å². The molecule has 0 amide bonds. The van der Waals surface area contributed by atoms with E-state index in [4.69, 9.17) is 10.9 Å². The van der Waals surface area contributed by atoms with Crippen molar-refractivity contribution >= 4 is 5.84 Å². The molecule has 0 spiro atoms. The number of rotatable bonds is 2. The van der Waals surface area contributed by atoms with Gasteiger partial charge in [0.05, 0.1) is 0 Å². The number of nitrogens with two attached hydrogens (primary N) is 1. The lowest BCUT2D eigenvalue weighted by Gasteiger charge is -2.37. The molecule has 0 heterocycles. The molecule has 1 saturated carbocycles. The molecule has 10 heavy (non-hydrogen) atoms. The normalized spacial score (nSPS) is 23.9. The lowest BCUT2D eigenvalue weighted by atomic mass is 9.68. The molecule has 0 unspecified atom stereocenters. The van der Waals surface area contributed by atoms with Gasteiger partial charge in [-0.2, -0.15) is 0 Å². The Bertz CT molecular complexity index is 150. The summed E-state index contributed by atoms with van der Waals surface area (Å²) in [5.41, 5.74) is 5.70. The Balaban J connectivity index is 2.37. The highest BCUT2D eigenvalue weighted by Gasteiger charge is 2.32. The molecular weight excluding hydrogens is 128 g/mol. The van der Waals surface area contributed by atoms with E-state index in [-0.39, 0.29) is 0 Å². The van der Waals surface area contributed by atoms with Crippen molar-refractivity contribution in [3.8, 4) is 0 Å². The zero-order valence-electron chi connectivity index (χ0n) is 6.30. The third kappa shape index (κ3) is 1.40. The summed E-state index contributed by atoms with van der Waals surface area (Å²) in [5.74, 6) is 0.363. The standard InChI is InChI=1S/C7H14N2O/c1-7(3-2-4-7)5-6(8)9-10/h10H,2-5H2,1H3,(H2,8,9). The van der Waals surface area contributed by atoms with Crippen LogP contribution < -0.4 is 5.73 Å². The lowest BCUT2D eigenvalue weighted by molar-refractivity contribution is 0.169. The van der Waals surface area contributed by atoms with Gasteiger partial charge in [0.25, 0.3) is 0 Å². The predicted octanol–water partition coefficient (Wildman–Crippen LogP) is 1.31. The maximum absolute atomic E-state index is 8.28. The smallest absolute Gasteiger partial charge is 0.139 e. The Labute approximate surface area is 60.9 Å². The highest BCUT2D eigenvalue weighted by atomic mass is 16.4. The number of hydrogen-bond acceptors (Lipinski definition) is 2.